The third-order valence-corrected chi connectivity index (χ3v) is 1.85. The molecule has 0 aliphatic rings. The predicted molar refractivity (Wildman–Crippen MR) is 45.3 cm³/mol. The van der Waals surface area contributed by atoms with Crippen molar-refractivity contribution in [3.05, 3.63) is 29.8 Å². The average molecular weight is 182 g/mol. The SMILES string of the molecule is C[C@@](O)(C(=O)O)c1ccc(O)cc1. The highest BCUT2D eigenvalue weighted by atomic mass is 16.4. The average Bonchev–Trinajstić information content (AvgIpc) is 2.04. The maximum atomic E-state index is 10.6. The van der Waals surface area contributed by atoms with Gasteiger partial charge in [0.25, 0.3) is 0 Å². The van der Waals surface area contributed by atoms with E-state index in [9.17, 15) is 9.90 Å². The van der Waals surface area contributed by atoms with Crippen LogP contribution in [0.15, 0.2) is 24.3 Å². The van der Waals surface area contributed by atoms with E-state index in [0.29, 0.717) is 0 Å². The first-order valence-electron chi connectivity index (χ1n) is 3.70. The molecule has 1 aromatic carbocycles. The van der Waals surface area contributed by atoms with E-state index in [4.69, 9.17) is 10.2 Å². The summed E-state index contributed by atoms with van der Waals surface area (Å²) in [5.41, 5.74) is -1.67. The van der Waals surface area contributed by atoms with Crippen molar-refractivity contribution in [1.82, 2.24) is 0 Å². The summed E-state index contributed by atoms with van der Waals surface area (Å²) in [6.45, 7) is 1.18. The Hall–Kier alpha value is -1.55. The molecule has 1 aromatic rings. The molecule has 0 heterocycles. The van der Waals surface area contributed by atoms with Gasteiger partial charge in [-0.05, 0) is 24.6 Å². The van der Waals surface area contributed by atoms with Crippen molar-refractivity contribution in [3.8, 4) is 5.75 Å². The Labute approximate surface area is 75.1 Å². The minimum atomic E-state index is -1.91. The maximum Gasteiger partial charge on any atom is 0.340 e. The first kappa shape index (κ1) is 9.54. The van der Waals surface area contributed by atoms with Crippen LogP contribution in [0.4, 0.5) is 0 Å². The summed E-state index contributed by atoms with van der Waals surface area (Å²) in [6, 6.07) is 5.38. The molecular formula is C9H10O4. The van der Waals surface area contributed by atoms with Crippen LogP contribution in [-0.2, 0) is 10.4 Å². The zero-order valence-electron chi connectivity index (χ0n) is 7.06. The molecule has 0 bridgehead atoms. The molecule has 0 aliphatic carbocycles. The summed E-state index contributed by atoms with van der Waals surface area (Å²) < 4.78 is 0. The molecule has 0 aromatic heterocycles. The molecule has 0 unspecified atom stereocenters. The second-order valence-corrected chi connectivity index (χ2v) is 2.92. The summed E-state index contributed by atoms with van der Waals surface area (Å²) in [7, 11) is 0. The van der Waals surface area contributed by atoms with E-state index in [1.165, 1.54) is 31.2 Å². The number of phenols is 1. The minimum absolute atomic E-state index is 0.0324. The number of aromatic hydroxyl groups is 1. The molecule has 4 heteroatoms. The summed E-state index contributed by atoms with van der Waals surface area (Å²) in [5, 5.41) is 27.1. The van der Waals surface area contributed by atoms with Crippen molar-refractivity contribution in [1.29, 1.82) is 0 Å². The molecule has 13 heavy (non-hydrogen) atoms. The standard InChI is InChI=1S/C9H10O4/c1-9(13,8(11)12)6-2-4-7(10)5-3-6/h2-5,10,13H,1H3,(H,11,12)/t9-/m0/s1. The van der Waals surface area contributed by atoms with Gasteiger partial charge in [0.15, 0.2) is 5.60 Å². The van der Waals surface area contributed by atoms with Crippen LogP contribution in [0.3, 0.4) is 0 Å². The Morgan fingerprint density at radius 2 is 1.77 bits per heavy atom. The normalized spacial score (nSPS) is 14.9. The highest BCUT2D eigenvalue weighted by molar-refractivity contribution is 5.78. The molecule has 0 saturated carbocycles. The van der Waals surface area contributed by atoms with Crippen molar-refractivity contribution in [2.75, 3.05) is 0 Å². The number of phenolic OH excluding ortho intramolecular Hbond substituents is 1. The molecule has 0 fully saturated rings. The lowest BCUT2D eigenvalue weighted by molar-refractivity contribution is -0.157. The monoisotopic (exact) mass is 182 g/mol. The number of carboxylic acid groups (broad SMARTS) is 1. The van der Waals surface area contributed by atoms with Gasteiger partial charge in [0.2, 0.25) is 0 Å². The highest BCUT2D eigenvalue weighted by Crippen LogP contribution is 2.22. The van der Waals surface area contributed by atoms with Gasteiger partial charge in [-0.25, -0.2) is 4.79 Å². The van der Waals surface area contributed by atoms with Gasteiger partial charge in [-0.15, -0.1) is 0 Å². The molecule has 0 aliphatic heterocycles. The number of aliphatic hydroxyl groups is 1. The lowest BCUT2D eigenvalue weighted by atomic mass is 9.96. The van der Waals surface area contributed by atoms with Gasteiger partial charge in [-0.1, -0.05) is 12.1 Å². The number of aliphatic carboxylic acids is 1. The van der Waals surface area contributed by atoms with Crippen molar-refractivity contribution in [2.45, 2.75) is 12.5 Å². The van der Waals surface area contributed by atoms with Gasteiger partial charge < -0.3 is 15.3 Å². The zero-order chi connectivity index (χ0) is 10.1. The lowest BCUT2D eigenvalue weighted by Gasteiger charge is -2.17. The smallest absolute Gasteiger partial charge is 0.340 e. The Bertz CT molecular complexity index is 313. The molecule has 1 rings (SSSR count). The molecular weight excluding hydrogens is 172 g/mol. The van der Waals surface area contributed by atoms with E-state index in [0.717, 1.165) is 0 Å². The van der Waals surface area contributed by atoms with Gasteiger partial charge in [0, 0.05) is 0 Å². The Morgan fingerprint density at radius 3 is 2.15 bits per heavy atom. The number of carbonyl (C=O) groups is 1. The molecule has 0 spiro atoms. The van der Waals surface area contributed by atoms with Crippen molar-refractivity contribution >= 4 is 5.97 Å². The first-order chi connectivity index (χ1) is 5.94. The highest BCUT2D eigenvalue weighted by Gasteiger charge is 2.31. The van der Waals surface area contributed by atoms with Gasteiger partial charge in [0.1, 0.15) is 5.75 Å². The Kier molecular flexibility index (Phi) is 2.25. The van der Waals surface area contributed by atoms with E-state index in [1.807, 2.05) is 0 Å². The van der Waals surface area contributed by atoms with Crippen LogP contribution in [0.2, 0.25) is 0 Å². The zero-order valence-corrected chi connectivity index (χ0v) is 7.06. The fraction of sp³-hybridized carbons (Fsp3) is 0.222. The van der Waals surface area contributed by atoms with Crippen LogP contribution < -0.4 is 0 Å². The number of hydrogen-bond acceptors (Lipinski definition) is 3. The van der Waals surface area contributed by atoms with Gasteiger partial charge >= 0.3 is 5.97 Å². The van der Waals surface area contributed by atoms with Crippen molar-refractivity contribution in [3.63, 3.8) is 0 Å². The molecule has 4 nitrogen and oxygen atoms in total. The predicted octanol–water partition coefficient (Wildman–Crippen LogP) is 0.684. The fourth-order valence-electron chi connectivity index (χ4n) is 0.909. The summed E-state index contributed by atoms with van der Waals surface area (Å²) in [5.74, 6) is -1.29. The molecule has 0 amide bonds. The van der Waals surface area contributed by atoms with Crippen molar-refractivity contribution < 1.29 is 20.1 Å². The summed E-state index contributed by atoms with van der Waals surface area (Å²) in [6.07, 6.45) is 0. The van der Waals surface area contributed by atoms with Crippen LogP contribution in [-0.4, -0.2) is 21.3 Å². The largest absolute Gasteiger partial charge is 0.508 e. The topological polar surface area (TPSA) is 77.8 Å². The van der Waals surface area contributed by atoms with Crippen LogP contribution >= 0.6 is 0 Å². The molecule has 0 radical (unpaired) electrons. The van der Waals surface area contributed by atoms with Gasteiger partial charge in [-0.3, -0.25) is 0 Å². The van der Waals surface area contributed by atoms with E-state index >= 15 is 0 Å². The first-order valence-corrected chi connectivity index (χ1v) is 3.70. The second-order valence-electron chi connectivity index (χ2n) is 2.92. The van der Waals surface area contributed by atoms with Crippen molar-refractivity contribution in [2.24, 2.45) is 0 Å². The minimum Gasteiger partial charge on any atom is -0.508 e. The summed E-state index contributed by atoms with van der Waals surface area (Å²) >= 11 is 0. The van der Waals surface area contributed by atoms with Crippen LogP contribution in [0.25, 0.3) is 0 Å². The Morgan fingerprint density at radius 1 is 1.31 bits per heavy atom. The lowest BCUT2D eigenvalue weighted by Crippen LogP contribution is -2.31. The third kappa shape index (κ3) is 1.78. The number of carboxylic acids is 1. The second kappa shape index (κ2) is 3.06. The van der Waals surface area contributed by atoms with E-state index in [-0.39, 0.29) is 11.3 Å². The Balaban J connectivity index is 3.08. The van der Waals surface area contributed by atoms with Crippen LogP contribution in [0.1, 0.15) is 12.5 Å². The summed E-state index contributed by atoms with van der Waals surface area (Å²) in [4.78, 5) is 10.6. The molecule has 70 valence electrons. The number of hydrogen-bond donors (Lipinski definition) is 3. The van der Waals surface area contributed by atoms with Gasteiger partial charge in [-0.2, -0.15) is 0 Å². The van der Waals surface area contributed by atoms with E-state index < -0.39 is 11.6 Å². The van der Waals surface area contributed by atoms with Crippen LogP contribution in [0.5, 0.6) is 5.75 Å². The maximum absolute atomic E-state index is 10.6. The fourth-order valence-corrected chi connectivity index (χ4v) is 0.909. The van der Waals surface area contributed by atoms with E-state index in [2.05, 4.69) is 0 Å². The number of rotatable bonds is 2. The third-order valence-electron chi connectivity index (χ3n) is 1.85. The van der Waals surface area contributed by atoms with Gasteiger partial charge in [0.05, 0.1) is 0 Å². The molecule has 1 atom stereocenters. The molecule has 3 N–H and O–H groups in total. The van der Waals surface area contributed by atoms with E-state index in [1.54, 1.807) is 0 Å². The van der Waals surface area contributed by atoms with Crippen LogP contribution in [0, 0.1) is 0 Å². The molecule has 0 saturated heterocycles. The quantitative estimate of drug-likeness (QED) is 0.628. The number of benzene rings is 1.